The molecule has 1 aromatic carbocycles. The van der Waals surface area contributed by atoms with Crippen LogP contribution in [-0.4, -0.2) is 31.2 Å². The second-order valence-electron chi connectivity index (χ2n) is 5.73. The number of benzene rings is 1. The number of carbonyl (C=O) groups excluding carboxylic acids is 1. The topological polar surface area (TPSA) is 86.5 Å². The molecule has 0 saturated heterocycles. The first-order valence-corrected chi connectivity index (χ1v) is 8.81. The quantitative estimate of drug-likeness (QED) is 0.781. The van der Waals surface area contributed by atoms with Gasteiger partial charge in [0, 0.05) is 11.9 Å². The number of aryl methyl sites for hydroxylation is 1. The second kappa shape index (κ2) is 7.53. The lowest BCUT2D eigenvalue weighted by Crippen LogP contribution is -2.37. The minimum atomic E-state index is -0.167. The molecule has 1 aromatic heterocycles. The summed E-state index contributed by atoms with van der Waals surface area (Å²) < 4.78 is 11.0. The Morgan fingerprint density at radius 2 is 2.42 bits per heavy atom. The van der Waals surface area contributed by atoms with Crippen LogP contribution in [0.1, 0.15) is 17.7 Å². The lowest BCUT2D eigenvalue weighted by Gasteiger charge is -2.25. The zero-order valence-electron chi connectivity index (χ0n) is 13.6. The molecule has 128 valence electrons. The summed E-state index contributed by atoms with van der Waals surface area (Å²) in [4.78, 5) is 16.5. The van der Waals surface area contributed by atoms with Gasteiger partial charge in [0.2, 0.25) is 5.91 Å². The normalized spacial score (nSPS) is 16.1. The standard InChI is InChI=1S/C17H21N3O3S/c1-22-14-6-2-4-11-8-12(9-23-15(11)14)16(21)19-7-3-5-13-10-24-17(18)20-13/h2,4,6,10,12H,3,5,7-9H2,1H3,(H2,18,20)(H,19,21)/t12-/m0/s1. The number of nitrogens with one attached hydrogen (secondary N) is 1. The smallest absolute Gasteiger partial charge is 0.226 e. The fourth-order valence-electron chi connectivity index (χ4n) is 2.79. The molecule has 1 atom stereocenters. The molecule has 6 nitrogen and oxygen atoms in total. The average Bonchev–Trinajstić information content (AvgIpc) is 3.02. The summed E-state index contributed by atoms with van der Waals surface area (Å²) in [6.07, 6.45) is 2.32. The van der Waals surface area contributed by atoms with E-state index >= 15 is 0 Å². The van der Waals surface area contributed by atoms with Gasteiger partial charge in [-0.25, -0.2) is 4.98 Å². The van der Waals surface area contributed by atoms with E-state index in [-0.39, 0.29) is 11.8 Å². The summed E-state index contributed by atoms with van der Waals surface area (Å²) in [6, 6.07) is 5.76. The lowest BCUT2D eigenvalue weighted by atomic mass is 9.95. The van der Waals surface area contributed by atoms with Gasteiger partial charge in [-0.2, -0.15) is 0 Å². The molecule has 0 saturated carbocycles. The number of hydrogen-bond acceptors (Lipinski definition) is 6. The number of nitrogen functional groups attached to an aromatic ring is 1. The van der Waals surface area contributed by atoms with Crippen LogP contribution in [0.3, 0.4) is 0 Å². The fourth-order valence-corrected chi connectivity index (χ4v) is 3.38. The van der Waals surface area contributed by atoms with E-state index in [1.165, 1.54) is 11.3 Å². The predicted octanol–water partition coefficient (Wildman–Crippen LogP) is 2.03. The van der Waals surface area contributed by atoms with Crippen molar-refractivity contribution in [1.29, 1.82) is 0 Å². The highest BCUT2D eigenvalue weighted by Gasteiger charge is 2.27. The monoisotopic (exact) mass is 347 g/mol. The highest BCUT2D eigenvalue weighted by molar-refractivity contribution is 7.13. The van der Waals surface area contributed by atoms with E-state index < -0.39 is 0 Å². The molecule has 0 spiro atoms. The number of ether oxygens (including phenoxy) is 2. The summed E-state index contributed by atoms with van der Waals surface area (Å²) in [5, 5.41) is 5.52. The number of carbonyl (C=O) groups is 1. The van der Waals surface area contributed by atoms with Crippen molar-refractivity contribution < 1.29 is 14.3 Å². The predicted molar refractivity (Wildman–Crippen MR) is 93.5 cm³/mol. The lowest BCUT2D eigenvalue weighted by molar-refractivity contribution is -0.126. The fraction of sp³-hybridized carbons (Fsp3) is 0.412. The molecule has 1 amide bonds. The van der Waals surface area contributed by atoms with Gasteiger partial charge in [0.15, 0.2) is 16.6 Å². The van der Waals surface area contributed by atoms with E-state index in [0.717, 1.165) is 29.8 Å². The number of rotatable bonds is 6. The number of para-hydroxylation sites is 1. The van der Waals surface area contributed by atoms with E-state index in [1.807, 2.05) is 23.6 Å². The Bertz CT molecular complexity index is 717. The van der Waals surface area contributed by atoms with E-state index in [9.17, 15) is 4.79 Å². The van der Waals surface area contributed by atoms with Gasteiger partial charge < -0.3 is 20.5 Å². The number of amides is 1. The highest BCUT2D eigenvalue weighted by Crippen LogP contribution is 2.35. The third-order valence-corrected chi connectivity index (χ3v) is 4.75. The van der Waals surface area contributed by atoms with Gasteiger partial charge in [0.05, 0.1) is 18.7 Å². The molecule has 2 heterocycles. The summed E-state index contributed by atoms with van der Waals surface area (Å²) in [6.45, 7) is 1.000. The molecule has 0 unspecified atom stereocenters. The molecule has 0 aliphatic carbocycles. The molecule has 3 N–H and O–H groups in total. The van der Waals surface area contributed by atoms with Crippen LogP contribution >= 0.6 is 11.3 Å². The third kappa shape index (κ3) is 3.79. The minimum absolute atomic E-state index is 0.0289. The number of thiazole rings is 1. The van der Waals surface area contributed by atoms with Crippen molar-refractivity contribution in [2.75, 3.05) is 26.0 Å². The van der Waals surface area contributed by atoms with Crippen molar-refractivity contribution in [2.24, 2.45) is 5.92 Å². The van der Waals surface area contributed by atoms with Gasteiger partial charge in [-0.3, -0.25) is 4.79 Å². The van der Waals surface area contributed by atoms with Crippen molar-refractivity contribution in [3.63, 3.8) is 0 Å². The van der Waals surface area contributed by atoms with E-state index in [2.05, 4.69) is 10.3 Å². The molecule has 24 heavy (non-hydrogen) atoms. The van der Waals surface area contributed by atoms with Crippen LogP contribution < -0.4 is 20.5 Å². The maximum atomic E-state index is 12.3. The van der Waals surface area contributed by atoms with Crippen LogP contribution in [0.15, 0.2) is 23.6 Å². The second-order valence-corrected chi connectivity index (χ2v) is 6.62. The molecule has 0 bridgehead atoms. The molecule has 7 heteroatoms. The zero-order chi connectivity index (χ0) is 16.9. The Hall–Kier alpha value is -2.28. The number of nitrogens with two attached hydrogens (primary N) is 1. The van der Waals surface area contributed by atoms with Gasteiger partial charge in [-0.15, -0.1) is 11.3 Å². The molecule has 0 fully saturated rings. The van der Waals surface area contributed by atoms with Crippen molar-refractivity contribution in [3.05, 3.63) is 34.8 Å². The first kappa shape index (κ1) is 16.6. The maximum absolute atomic E-state index is 12.3. The van der Waals surface area contributed by atoms with Crippen LogP contribution in [0, 0.1) is 5.92 Å². The summed E-state index contributed by atoms with van der Waals surface area (Å²) in [7, 11) is 1.62. The van der Waals surface area contributed by atoms with Gasteiger partial charge in [0.1, 0.15) is 6.61 Å². The SMILES string of the molecule is COc1cccc2c1OC[C@@H](C(=O)NCCCc1csc(N)n1)C2. The van der Waals surface area contributed by atoms with Crippen LogP contribution in [0.2, 0.25) is 0 Å². The van der Waals surface area contributed by atoms with Crippen LogP contribution in [0.5, 0.6) is 11.5 Å². The largest absolute Gasteiger partial charge is 0.493 e. The number of aromatic nitrogens is 1. The van der Waals surface area contributed by atoms with Crippen LogP contribution in [0.4, 0.5) is 5.13 Å². The molecule has 0 radical (unpaired) electrons. The van der Waals surface area contributed by atoms with Crippen molar-refractivity contribution in [1.82, 2.24) is 10.3 Å². The zero-order valence-corrected chi connectivity index (χ0v) is 14.4. The number of anilines is 1. The summed E-state index contributed by atoms with van der Waals surface area (Å²) in [5.41, 5.74) is 7.60. The Labute approximate surface area is 145 Å². The number of nitrogens with zero attached hydrogens (tertiary/aromatic N) is 1. The third-order valence-electron chi connectivity index (χ3n) is 4.02. The molecular weight excluding hydrogens is 326 g/mol. The number of fused-ring (bicyclic) bond motifs is 1. The van der Waals surface area contributed by atoms with Gasteiger partial charge in [-0.05, 0) is 30.9 Å². The minimum Gasteiger partial charge on any atom is -0.493 e. The first-order chi connectivity index (χ1) is 11.7. The van der Waals surface area contributed by atoms with Gasteiger partial charge in [0.25, 0.3) is 0 Å². The Morgan fingerprint density at radius 1 is 1.54 bits per heavy atom. The molecule has 1 aliphatic heterocycles. The van der Waals surface area contributed by atoms with Gasteiger partial charge in [-0.1, -0.05) is 12.1 Å². The first-order valence-electron chi connectivity index (χ1n) is 7.93. The number of hydrogen-bond donors (Lipinski definition) is 2. The Kier molecular flexibility index (Phi) is 5.20. The van der Waals surface area contributed by atoms with Crippen molar-refractivity contribution in [3.8, 4) is 11.5 Å². The van der Waals surface area contributed by atoms with Gasteiger partial charge >= 0.3 is 0 Å². The highest BCUT2D eigenvalue weighted by atomic mass is 32.1. The Balaban J connectivity index is 1.47. The summed E-state index contributed by atoms with van der Waals surface area (Å²) in [5.74, 6) is 1.33. The van der Waals surface area contributed by atoms with Crippen LogP contribution in [0.25, 0.3) is 0 Å². The molecule has 1 aliphatic rings. The average molecular weight is 347 g/mol. The van der Waals surface area contributed by atoms with E-state index in [0.29, 0.717) is 30.5 Å². The van der Waals surface area contributed by atoms with Crippen molar-refractivity contribution >= 4 is 22.4 Å². The van der Waals surface area contributed by atoms with Crippen molar-refractivity contribution in [2.45, 2.75) is 19.3 Å². The number of methoxy groups -OCH3 is 1. The maximum Gasteiger partial charge on any atom is 0.226 e. The molecule has 3 rings (SSSR count). The molecule has 2 aromatic rings. The Morgan fingerprint density at radius 3 is 3.17 bits per heavy atom. The summed E-state index contributed by atoms with van der Waals surface area (Å²) >= 11 is 1.44. The molecular formula is C17H21N3O3S. The van der Waals surface area contributed by atoms with Crippen LogP contribution in [-0.2, 0) is 17.6 Å². The van der Waals surface area contributed by atoms with E-state index in [4.69, 9.17) is 15.2 Å². The van der Waals surface area contributed by atoms with E-state index in [1.54, 1.807) is 7.11 Å².